The van der Waals surface area contributed by atoms with Crippen LogP contribution in [0.2, 0.25) is 0 Å². The number of fused-ring (bicyclic) bond motifs is 1. The minimum Gasteiger partial charge on any atom is -0.340 e. The smallest absolute Gasteiger partial charge is 0.254 e. The fraction of sp³-hybridized carbons (Fsp3) is 0.450. The predicted octanol–water partition coefficient (Wildman–Crippen LogP) is 2.65. The van der Waals surface area contributed by atoms with Gasteiger partial charge in [-0.3, -0.25) is 14.3 Å². The summed E-state index contributed by atoms with van der Waals surface area (Å²) in [6.45, 7) is 2.48. The molecule has 2 amide bonds. The van der Waals surface area contributed by atoms with Crippen LogP contribution in [0.3, 0.4) is 0 Å². The van der Waals surface area contributed by atoms with E-state index in [0.717, 1.165) is 11.3 Å². The molecule has 3 heterocycles. The van der Waals surface area contributed by atoms with Gasteiger partial charge in [-0.05, 0) is 25.1 Å². The molecule has 1 saturated heterocycles. The van der Waals surface area contributed by atoms with Crippen molar-refractivity contribution < 1.29 is 18.4 Å². The summed E-state index contributed by atoms with van der Waals surface area (Å²) in [6, 6.07) is 8.40. The van der Waals surface area contributed by atoms with Crippen LogP contribution in [0.15, 0.2) is 36.5 Å². The highest BCUT2D eigenvalue weighted by molar-refractivity contribution is 5.95. The summed E-state index contributed by atoms with van der Waals surface area (Å²) in [5.41, 5.74) is 2.31. The lowest BCUT2D eigenvalue weighted by Crippen LogP contribution is -2.51. The Morgan fingerprint density at radius 1 is 1.14 bits per heavy atom. The molecule has 0 unspecified atom stereocenters. The van der Waals surface area contributed by atoms with Crippen molar-refractivity contribution in [3.63, 3.8) is 0 Å². The Morgan fingerprint density at radius 2 is 1.89 bits per heavy atom. The normalized spacial score (nSPS) is 21.3. The highest BCUT2D eigenvalue weighted by Gasteiger charge is 2.40. The summed E-state index contributed by atoms with van der Waals surface area (Å²) in [4.78, 5) is 29.1. The van der Waals surface area contributed by atoms with E-state index in [2.05, 4.69) is 5.10 Å². The molecule has 0 spiro atoms. The second-order valence-electron chi connectivity index (χ2n) is 7.52. The van der Waals surface area contributed by atoms with Crippen molar-refractivity contribution in [2.75, 3.05) is 19.6 Å². The van der Waals surface area contributed by atoms with Crippen molar-refractivity contribution in [1.82, 2.24) is 19.6 Å². The largest absolute Gasteiger partial charge is 0.340 e. The van der Waals surface area contributed by atoms with Crippen LogP contribution in [-0.4, -0.2) is 57.0 Å². The number of carbonyl (C=O) groups is 2. The van der Waals surface area contributed by atoms with Crippen LogP contribution in [0.4, 0.5) is 8.78 Å². The van der Waals surface area contributed by atoms with E-state index >= 15 is 0 Å². The summed E-state index contributed by atoms with van der Waals surface area (Å²) >= 11 is 0. The molecule has 0 radical (unpaired) electrons. The maximum atomic E-state index is 13.5. The Kier molecular flexibility index (Phi) is 4.64. The average molecular weight is 388 g/mol. The number of amides is 2. The van der Waals surface area contributed by atoms with Gasteiger partial charge in [0.15, 0.2) is 0 Å². The first-order valence-electron chi connectivity index (χ1n) is 9.39. The second kappa shape index (κ2) is 7.00. The highest BCUT2D eigenvalue weighted by Crippen LogP contribution is 2.30. The standard InChI is InChI=1S/C20H22F2N4O2/c1-14-3-2-4-15(11-14)18(27)25-12-16-5-8-23-26(16)17(13-25)19(28)24-9-6-20(21,22)7-10-24/h2-5,8,11,17H,6-7,9-10,12-13H2,1H3/t17-/m0/s1. The molecule has 2 aromatic rings. The average Bonchev–Trinajstić information content (AvgIpc) is 3.15. The maximum Gasteiger partial charge on any atom is 0.254 e. The molecule has 0 bridgehead atoms. The lowest BCUT2D eigenvalue weighted by atomic mass is 10.0. The Morgan fingerprint density at radius 3 is 2.61 bits per heavy atom. The number of rotatable bonds is 2. The van der Waals surface area contributed by atoms with E-state index in [1.54, 1.807) is 27.9 Å². The Balaban J connectivity index is 1.56. The van der Waals surface area contributed by atoms with E-state index in [9.17, 15) is 18.4 Å². The van der Waals surface area contributed by atoms with E-state index in [4.69, 9.17) is 0 Å². The summed E-state index contributed by atoms with van der Waals surface area (Å²) in [5, 5.41) is 4.25. The van der Waals surface area contributed by atoms with Gasteiger partial charge in [0.25, 0.3) is 11.8 Å². The molecule has 1 aromatic heterocycles. The molecular formula is C20H22F2N4O2. The summed E-state index contributed by atoms with van der Waals surface area (Å²) in [7, 11) is 0. The third-order valence-corrected chi connectivity index (χ3v) is 5.44. The molecule has 8 heteroatoms. The fourth-order valence-electron chi connectivity index (χ4n) is 3.86. The lowest BCUT2D eigenvalue weighted by molar-refractivity contribution is -0.142. The van der Waals surface area contributed by atoms with Crippen LogP contribution in [-0.2, 0) is 11.3 Å². The van der Waals surface area contributed by atoms with E-state index in [-0.39, 0.29) is 44.3 Å². The van der Waals surface area contributed by atoms with Gasteiger partial charge in [0.05, 0.1) is 18.8 Å². The van der Waals surface area contributed by atoms with Gasteiger partial charge in [-0.1, -0.05) is 17.7 Å². The first-order chi connectivity index (χ1) is 13.3. The molecule has 2 aliphatic rings. The van der Waals surface area contributed by atoms with Gasteiger partial charge >= 0.3 is 0 Å². The summed E-state index contributed by atoms with van der Waals surface area (Å²) < 4.78 is 28.5. The van der Waals surface area contributed by atoms with E-state index in [1.807, 2.05) is 25.1 Å². The Hall–Kier alpha value is -2.77. The number of halogens is 2. The molecule has 0 N–H and O–H groups in total. The molecule has 1 fully saturated rings. The zero-order valence-corrected chi connectivity index (χ0v) is 15.6. The number of aryl methyl sites for hydroxylation is 1. The van der Waals surface area contributed by atoms with Crippen LogP contribution in [0.5, 0.6) is 0 Å². The molecular weight excluding hydrogens is 366 g/mol. The van der Waals surface area contributed by atoms with E-state index in [0.29, 0.717) is 12.1 Å². The predicted molar refractivity (Wildman–Crippen MR) is 97.9 cm³/mol. The van der Waals surface area contributed by atoms with Crippen molar-refractivity contribution >= 4 is 11.8 Å². The zero-order valence-electron chi connectivity index (χ0n) is 15.6. The Labute approximate surface area is 161 Å². The number of benzene rings is 1. The molecule has 0 aliphatic carbocycles. The Bertz CT molecular complexity index is 901. The van der Waals surface area contributed by atoms with Gasteiger partial charge in [-0.2, -0.15) is 5.10 Å². The third-order valence-electron chi connectivity index (χ3n) is 5.44. The van der Waals surface area contributed by atoms with Gasteiger partial charge in [0.1, 0.15) is 6.04 Å². The number of hydrogen-bond donors (Lipinski definition) is 0. The topological polar surface area (TPSA) is 58.4 Å². The number of likely N-dealkylation sites (tertiary alicyclic amines) is 1. The van der Waals surface area contributed by atoms with Crippen molar-refractivity contribution in [3.05, 3.63) is 53.3 Å². The number of nitrogens with zero attached hydrogens (tertiary/aromatic N) is 4. The number of piperidine rings is 1. The molecule has 148 valence electrons. The number of alkyl halides is 2. The second-order valence-corrected chi connectivity index (χ2v) is 7.52. The highest BCUT2D eigenvalue weighted by atomic mass is 19.3. The molecule has 6 nitrogen and oxygen atoms in total. The van der Waals surface area contributed by atoms with Crippen molar-refractivity contribution in [1.29, 1.82) is 0 Å². The van der Waals surface area contributed by atoms with Crippen molar-refractivity contribution in [3.8, 4) is 0 Å². The summed E-state index contributed by atoms with van der Waals surface area (Å²) in [6.07, 6.45) is 0.938. The quantitative estimate of drug-likeness (QED) is 0.795. The molecule has 28 heavy (non-hydrogen) atoms. The molecule has 1 aromatic carbocycles. The third kappa shape index (κ3) is 3.50. The van der Waals surface area contributed by atoms with Crippen LogP contribution < -0.4 is 0 Å². The molecule has 4 rings (SSSR count). The molecule has 1 atom stereocenters. The summed E-state index contributed by atoms with van der Waals surface area (Å²) in [5.74, 6) is -3.13. The SMILES string of the molecule is Cc1cccc(C(=O)N2Cc3ccnn3[C@H](C(=O)N3CCC(F)(F)CC3)C2)c1. The number of hydrogen-bond acceptors (Lipinski definition) is 3. The van der Waals surface area contributed by atoms with E-state index in [1.165, 1.54) is 4.90 Å². The van der Waals surface area contributed by atoms with Crippen LogP contribution in [0.1, 0.15) is 40.5 Å². The van der Waals surface area contributed by atoms with E-state index < -0.39 is 12.0 Å². The van der Waals surface area contributed by atoms with Crippen LogP contribution in [0.25, 0.3) is 0 Å². The maximum absolute atomic E-state index is 13.5. The van der Waals surface area contributed by atoms with Gasteiger partial charge in [-0.15, -0.1) is 0 Å². The molecule has 2 aliphatic heterocycles. The van der Waals surface area contributed by atoms with Gasteiger partial charge < -0.3 is 9.80 Å². The van der Waals surface area contributed by atoms with Crippen LogP contribution in [0, 0.1) is 6.92 Å². The van der Waals surface area contributed by atoms with Gasteiger partial charge in [0.2, 0.25) is 5.91 Å². The zero-order chi connectivity index (χ0) is 19.9. The minimum atomic E-state index is -2.71. The monoisotopic (exact) mass is 388 g/mol. The first kappa shape index (κ1) is 18.6. The van der Waals surface area contributed by atoms with Crippen molar-refractivity contribution in [2.45, 2.75) is 38.3 Å². The lowest BCUT2D eigenvalue weighted by Gasteiger charge is -2.38. The van der Waals surface area contributed by atoms with Crippen molar-refractivity contribution in [2.24, 2.45) is 0 Å². The number of carbonyl (C=O) groups excluding carboxylic acids is 2. The van der Waals surface area contributed by atoms with Gasteiger partial charge in [-0.25, -0.2) is 8.78 Å². The molecule has 0 saturated carbocycles. The first-order valence-corrected chi connectivity index (χ1v) is 9.39. The number of aromatic nitrogens is 2. The fourth-order valence-corrected chi connectivity index (χ4v) is 3.86. The van der Waals surface area contributed by atoms with Gasteiger partial charge in [0, 0.05) is 37.7 Å². The minimum absolute atomic E-state index is 0.0186. The van der Waals surface area contributed by atoms with Crippen LogP contribution >= 0.6 is 0 Å².